The standard InChI is InChI=1S/C23H24Cl2N4O2S/c24-17-6-5-16(11-18(17)25)19-14-32-22(27-19)23(15-26,12-20(30)28-7-1-2-8-28)13-21(31)29-9-3-4-10-29/h5-6,11,14H,1-4,7-10,12-13H2. The average Bonchev–Trinajstić information content (AvgIpc) is 3.57. The molecule has 2 fully saturated rings. The van der Waals surface area contributed by atoms with Crippen LogP contribution in [0.25, 0.3) is 11.3 Å². The molecular formula is C23H24Cl2N4O2S. The molecule has 1 aromatic carbocycles. The molecule has 1 aromatic heterocycles. The first-order chi connectivity index (χ1) is 15.4. The third kappa shape index (κ3) is 4.78. The highest BCUT2D eigenvalue weighted by atomic mass is 35.5. The number of thiazole rings is 1. The monoisotopic (exact) mass is 490 g/mol. The third-order valence-electron chi connectivity index (χ3n) is 6.17. The van der Waals surface area contributed by atoms with Crippen molar-refractivity contribution in [1.29, 1.82) is 5.26 Å². The molecule has 168 valence electrons. The number of amides is 2. The summed E-state index contributed by atoms with van der Waals surface area (Å²) in [5, 5.41) is 13.5. The molecule has 0 N–H and O–H groups in total. The Balaban J connectivity index is 1.66. The Bertz CT molecular complexity index is 1020. The lowest BCUT2D eigenvalue weighted by Crippen LogP contribution is -2.40. The van der Waals surface area contributed by atoms with Gasteiger partial charge in [0.15, 0.2) is 0 Å². The highest BCUT2D eigenvalue weighted by Crippen LogP contribution is 2.38. The number of nitrogens with zero attached hydrogens (tertiary/aromatic N) is 4. The SMILES string of the molecule is N#CC(CC(=O)N1CCCC1)(CC(=O)N1CCCC1)c1nc(-c2ccc(Cl)c(Cl)c2)cs1. The molecule has 0 bridgehead atoms. The van der Waals surface area contributed by atoms with Crippen LogP contribution in [0.2, 0.25) is 10.0 Å². The Kier molecular flexibility index (Phi) is 7.04. The molecule has 2 saturated heterocycles. The van der Waals surface area contributed by atoms with E-state index in [0.29, 0.717) is 46.9 Å². The summed E-state index contributed by atoms with van der Waals surface area (Å²) in [4.78, 5) is 34.4. The molecule has 0 unspecified atom stereocenters. The molecule has 2 aliphatic rings. The van der Waals surface area contributed by atoms with Crippen LogP contribution < -0.4 is 0 Å². The van der Waals surface area contributed by atoms with Gasteiger partial charge < -0.3 is 9.80 Å². The predicted octanol–water partition coefficient (Wildman–Crippen LogP) is 4.90. The van der Waals surface area contributed by atoms with Gasteiger partial charge in [-0.2, -0.15) is 5.26 Å². The van der Waals surface area contributed by atoms with Crippen molar-refractivity contribution in [3.63, 3.8) is 0 Å². The zero-order chi connectivity index (χ0) is 22.7. The van der Waals surface area contributed by atoms with E-state index in [1.54, 1.807) is 21.9 Å². The highest BCUT2D eigenvalue weighted by Gasteiger charge is 2.43. The van der Waals surface area contributed by atoms with Gasteiger partial charge >= 0.3 is 0 Å². The van der Waals surface area contributed by atoms with Crippen LogP contribution in [0.4, 0.5) is 0 Å². The summed E-state index contributed by atoms with van der Waals surface area (Å²) in [7, 11) is 0. The van der Waals surface area contributed by atoms with Crippen LogP contribution in [0, 0.1) is 11.3 Å². The fraction of sp³-hybridized carbons (Fsp3) is 0.478. The third-order valence-corrected chi connectivity index (χ3v) is 7.95. The van der Waals surface area contributed by atoms with Gasteiger partial charge in [0.1, 0.15) is 10.4 Å². The summed E-state index contributed by atoms with van der Waals surface area (Å²) in [6.07, 6.45) is 3.79. The van der Waals surface area contributed by atoms with Gasteiger partial charge in [-0.25, -0.2) is 4.98 Å². The molecule has 32 heavy (non-hydrogen) atoms. The van der Waals surface area contributed by atoms with E-state index in [1.165, 1.54) is 11.3 Å². The van der Waals surface area contributed by atoms with Crippen molar-refractivity contribution in [3.8, 4) is 17.3 Å². The van der Waals surface area contributed by atoms with Crippen molar-refractivity contribution >= 4 is 46.4 Å². The first-order valence-electron chi connectivity index (χ1n) is 10.8. The number of hydrogen-bond acceptors (Lipinski definition) is 5. The first-order valence-corrected chi connectivity index (χ1v) is 12.4. The Hall–Kier alpha value is -2.14. The Morgan fingerprint density at radius 3 is 2.06 bits per heavy atom. The van der Waals surface area contributed by atoms with E-state index >= 15 is 0 Å². The number of likely N-dealkylation sites (tertiary alicyclic amines) is 2. The van der Waals surface area contributed by atoms with Gasteiger partial charge in [-0.1, -0.05) is 29.3 Å². The summed E-state index contributed by atoms with van der Waals surface area (Å²) in [5.74, 6) is -0.186. The smallest absolute Gasteiger partial charge is 0.224 e. The van der Waals surface area contributed by atoms with Crippen LogP contribution in [0.3, 0.4) is 0 Å². The summed E-state index contributed by atoms with van der Waals surface area (Å²) >= 11 is 13.5. The zero-order valence-electron chi connectivity index (χ0n) is 17.6. The van der Waals surface area contributed by atoms with E-state index in [9.17, 15) is 14.9 Å². The lowest BCUT2D eigenvalue weighted by atomic mass is 9.82. The summed E-state index contributed by atoms with van der Waals surface area (Å²) in [6, 6.07) is 7.56. The molecule has 3 heterocycles. The number of nitriles is 1. The molecule has 0 spiro atoms. The highest BCUT2D eigenvalue weighted by molar-refractivity contribution is 7.10. The van der Waals surface area contributed by atoms with Crippen LogP contribution in [0.15, 0.2) is 23.6 Å². The summed E-state index contributed by atoms with van der Waals surface area (Å²) < 4.78 is 0. The number of benzene rings is 1. The minimum absolute atomic E-state index is 0.0442. The number of aromatic nitrogens is 1. The number of hydrogen-bond donors (Lipinski definition) is 0. The minimum atomic E-state index is -1.29. The number of halogens is 2. The Morgan fingerprint density at radius 1 is 1.00 bits per heavy atom. The van der Waals surface area contributed by atoms with Crippen molar-refractivity contribution in [2.24, 2.45) is 0 Å². The summed E-state index contributed by atoms with van der Waals surface area (Å²) in [5.41, 5.74) is 0.120. The molecule has 2 aliphatic heterocycles. The minimum Gasteiger partial charge on any atom is -0.343 e. The van der Waals surface area contributed by atoms with Gasteiger partial charge in [0.25, 0.3) is 0 Å². The Labute approximate surface area is 201 Å². The van der Waals surface area contributed by atoms with Gasteiger partial charge in [-0.05, 0) is 37.8 Å². The van der Waals surface area contributed by atoms with Crippen molar-refractivity contribution in [2.45, 2.75) is 43.9 Å². The second kappa shape index (κ2) is 9.78. The molecule has 2 aromatic rings. The van der Waals surface area contributed by atoms with Crippen LogP contribution >= 0.6 is 34.5 Å². The van der Waals surface area contributed by atoms with Crippen molar-refractivity contribution < 1.29 is 9.59 Å². The number of carbonyl (C=O) groups excluding carboxylic acids is 2. The maximum absolute atomic E-state index is 13.0. The number of rotatable bonds is 6. The first kappa shape index (κ1) is 23.0. The van der Waals surface area contributed by atoms with Gasteiger partial charge in [0.2, 0.25) is 11.8 Å². The van der Waals surface area contributed by atoms with E-state index in [1.807, 2.05) is 11.4 Å². The van der Waals surface area contributed by atoms with Gasteiger partial charge in [-0.15, -0.1) is 11.3 Å². The zero-order valence-corrected chi connectivity index (χ0v) is 20.0. The Morgan fingerprint density at radius 2 is 1.56 bits per heavy atom. The largest absolute Gasteiger partial charge is 0.343 e. The van der Waals surface area contributed by atoms with Crippen LogP contribution in [-0.4, -0.2) is 52.8 Å². The van der Waals surface area contributed by atoms with E-state index in [2.05, 4.69) is 6.07 Å². The predicted molar refractivity (Wildman–Crippen MR) is 126 cm³/mol. The molecule has 0 radical (unpaired) electrons. The van der Waals surface area contributed by atoms with Gasteiger partial charge in [0, 0.05) is 37.1 Å². The van der Waals surface area contributed by atoms with Gasteiger partial charge in [0.05, 0.1) is 34.7 Å². The van der Waals surface area contributed by atoms with Crippen molar-refractivity contribution in [3.05, 3.63) is 38.6 Å². The lowest BCUT2D eigenvalue weighted by molar-refractivity contribution is -0.133. The molecule has 6 nitrogen and oxygen atoms in total. The van der Waals surface area contributed by atoms with Gasteiger partial charge in [-0.3, -0.25) is 9.59 Å². The molecular weight excluding hydrogens is 467 g/mol. The maximum atomic E-state index is 13.0. The van der Waals surface area contributed by atoms with E-state index in [-0.39, 0.29) is 24.7 Å². The number of carbonyl (C=O) groups is 2. The maximum Gasteiger partial charge on any atom is 0.224 e. The summed E-state index contributed by atoms with van der Waals surface area (Å²) in [6.45, 7) is 2.80. The van der Waals surface area contributed by atoms with E-state index < -0.39 is 5.41 Å². The molecule has 0 saturated carbocycles. The van der Waals surface area contributed by atoms with Crippen LogP contribution in [0.1, 0.15) is 43.5 Å². The van der Waals surface area contributed by atoms with Crippen LogP contribution in [0.5, 0.6) is 0 Å². The fourth-order valence-corrected chi connectivity index (χ4v) is 5.57. The molecule has 9 heteroatoms. The lowest BCUT2D eigenvalue weighted by Gasteiger charge is -2.28. The van der Waals surface area contributed by atoms with Crippen molar-refractivity contribution in [2.75, 3.05) is 26.2 Å². The second-order valence-corrected chi connectivity index (χ2v) is 10.1. The second-order valence-electron chi connectivity index (χ2n) is 8.39. The van der Waals surface area contributed by atoms with Crippen LogP contribution in [-0.2, 0) is 15.0 Å². The van der Waals surface area contributed by atoms with E-state index in [0.717, 1.165) is 31.2 Å². The molecule has 4 rings (SSSR count). The van der Waals surface area contributed by atoms with E-state index in [4.69, 9.17) is 28.2 Å². The molecule has 2 amide bonds. The average molecular weight is 491 g/mol. The topological polar surface area (TPSA) is 77.3 Å². The van der Waals surface area contributed by atoms with Crippen molar-refractivity contribution in [1.82, 2.24) is 14.8 Å². The normalized spacial score (nSPS) is 16.4. The molecule has 0 atom stereocenters. The quantitative estimate of drug-likeness (QED) is 0.576. The molecule has 0 aliphatic carbocycles. The fourth-order valence-electron chi connectivity index (χ4n) is 4.30.